The van der Waals surface area contributed by atoms with E-state index in [1.54, 1.807) is 12.1 Å². The summed E-state index contributed by atoms with van der Waals surface area (Å²) in [6.45, 7) is 0.122. The molecule has 2 heterocycles. The Morgan fingerprint density at radius 2 is 1.75 bits per heavy atom. The third kappa shape index (κ3) is 4.25. The number of methoxy groups -OCH3 is 2. The fraction of sp³-hybridized carbons (Fsp3) is 0.440. The molecule has 2 aromatic carbocycles. The Morgan fingerprint density at radius 1 is 1.08 bits per heavy atom. The van der Waals surface area contributed by atoms with Crippen LogP contribution >= 0.6 is 0 Å². The third-order valence-corrected chi connectivity index (χ3v) is 7.20. The maximum absolute atomic E-state index is 14.4. The van der Waals surface area contributed by atoms with Gasteiger partial charge in [-0.25, -0.2) is 9.18 Å². The summed E-state index contributed by atoms with van der Waals surface area (Å²) in [6.07, 6.45) is -4.64. The summed E-state index contributed by atoms with van der Waals surface area (Å²) in [4.78, 5) is 26.9. The van der Waals surface area contributed by atoms with Gasteiger partial charge in [-0.05, 0) is 18.9 Å². The zero-order valence-corrected chi connectivity index (χ0v) is 19.8. The smallest absolute Gasteiger partial charge is 0.430 e. The monoisotopic (exact) mass is 509 g/mol. The molecule has 2 saturated heterocycles. The number of benzene rings is 2. The van der Waals surface area contributed by atoms with E-state index >= 15 is 0 Å². The van der Waals surface area contributed by atoms with Crippen molar-refractivity contribution >= 4 is 11.9 Å². The maximum atomic E-state index is 14.4. The van der Waals surface area contributed by atoms with E-state index in [1.807, 2.05) is 0 Å². The van der Waals surface area contributed by atoms with Crippen LogP contribution in [0, 0.1) is 5.82 Å². The average molecular weight is 510 g/mol. The Bertz CT molecular complexity index is 1120. The first kappa shape index (κ1) is 25.7. The second-order valence-corrected chi connectivity index (χ2v) is 8.97. The van der Waals surface area contributed by atoms with Crippen molar-refractivity contribution in [2.75, 3.05) is 33.9 Å². The van der Waals surface area contributed by atoms with Crippen molar-refractivity contribution in [1.82, 2.24) is 15.5 Å². The molecule has 3 amide bonds. The highest BCUT2D eigenvalue weighted by atomic mass is 19.4. The fourth-order valence-electron chi connectivity index (χ4n) is 5.34. The molecule has 2 aliphatic heterocycles. The van der Waals surface area contributed by atoms with Gasteiger partial charge in [-0.2, -0.15) is 13.2 Å². The number of urea groups is 1. The predicted octanol–water partition coefficient (Wildman–Crippen LogP) is 3.70. The fourth-order valence-corrected chi connectivity index (χ4v) is 5.34. The summed E-state index contributed by atoms with van der Waals surface area (Å²) >= 11 is 0. The predicted molar refractivity (Wildman–Crippen MR) is 122 cm³/mol. The van der Waals surface area contributed by atoms with E-state index < -0.39 is 35.1 Å². The van der Waals surface area contributed by atoms with Crippen LogP contribution in [0.3, 0.4) is 0 Å². The Balaban J connectivity index is 1.64. The van der Waals surface area contributed by atoms with Gasteiger partial charge < -0.3 is 25.0 Å². The zero-order chi connectivity index (χ0) is 26.1. The highest BCUT2D eigenvalue weighted by molar-refractivity contribution is 5.88. The molecule has 11 heteroatoms. The summed E-state index contributed by atoms with van der Waals surface area (Å²) in [6, 6.07) is 10.5. The van der Waals surface area contributed by atoms with E-state index in [1.165, 1.54) is 43.5 Å². The molecule has 194 valence electrons. The number of carbonyl (C=O) groups is 2. The third-order valence-electron chi connectivity index (χ3n) is 7.20. The van der Waals surface area contributed by atoms with Crippen LogP contribution in [-0.4, -0.2) is 62.4 Å². The largest absolute Gasteiger partial charge is 0.496 e. The normalized spacial score (nSPS) is 21.3. The summed E-state index contributed by atoms with van der Waals surface area (Å²) in [7, 11) is 2.28. The minimum Gasteiger partial charge on any atom is -0.496 e. The number of carbonyl (C=O) groups excluding carboxylic acids is 2. The topological polar surface area (TPSA) is 79.9 Å². The van der Waals surface area contributed by atoms with Gasteiger partial charge in [0.1, 0.15) is 11.6 Å². The van der Waals surface area contributed by atoms with Crippen LogP contribution in [0.2, 0.25) is 0 Å². The second-order valence-electron chi connectivity index (χ2n) is 8.97. The number of halogens is 4. The van der Waals surface area contributed by atoms with Gasteiger partial charge in [-0.15, -0.1) is 0 Å². The van der Waals surface area contributed by atoms with Gasteiger partial charge in [0.05, 0.1) is 12.6 Å². The quantitative estimate of drug-likeness (QED) is 0.603. The Morgan fingerprint density at radius 3 is 2.33 bits per heavy atom. The molecule has 0 aromatic heterocycles. The number of hydrogen-bond donors (Lipinski definition) is 2. The number of alkyl halides is 3. The molecule has 4 rings (SSSR count). The molecule has 0 bridgehead atoms. The zero-order valence-electron chi connectivity index (χ0n) is 19.8. The van der Waals surface area contributed by atoms with Gasteiger partial charge in [0, 0.05) is 49.9 Å². The summed E-state index contributed by atoms with van der Waals surface area (Å²) in [5.74, 6) is -1.76. The van der Waals surface area contributed by atoms with Crippen LogP contribution in [0.25, 0.3) is 0 Å². The second kappa shape index (κ2) is 9.61. The van der Waals surface area contributed by atoms with Crippen molar-refractivity contribution in [3.05, 3.63) is 65.5 Å². The van der Waals surface area contributed by atoms with Gasteiger partial charge in [0.15, 0.2) is 0 Å². The highest BCUT2D eigenvalue weighted by Crippen LogP contribution is 2.46. The number of rotatable bonds is 5. The van der Waals surface area contributed by atoms with E-state index in [-0.39, 0.29) is 44.0 Å². The number of piperidine rings is 1. The molecule has 0 radical (unpaired) electrons. The van der Waals surface area contributed by atoms with Gasteiger partial charge >= 0.3 is 12.2 Å². The molecule has 2 atom stereocenters. The van der Waals surface area contributed by atoms with E-state index in [4.69, 9.17) is 9.47 Å². The van der Waals surface area contributed by atoms with Crippen LogP contribution in [0.15, 0.2) is 48.5 Å². The lowest BCUT2D eigenvalue weighted by Crippen LogP contribution is -2.67. The number of amides is 3. The Kier molecular flexibility index (Phi) is 6.87. The lowest BCUT2D eigenvalue weighted by atomic mass is 9.71. The van der Waals surface area contributed by atoms with Crippen molar-refractivity contribution in [3.8, 4) is 5.75 Å². The SMILES string of the molecule is COc1cc(F)ccc1[C@H]1CNC(=O)NC12CCN(C(=O)[C@](OC)(c1ccccc1)C(F)(F)F)CC2. The average Bonchev–Trinajstić information content (AvgIpc) is 2.85. The molecule has 2 aliphatic rings. The first-order valence-corrected chi connectivity index (χ1v) is 11.4. The van der Waals surface area contributed by atoms with Gasteiger partial charge in [0.2, 0.25) is 0 Å². The van der Waals surface area contributed by atoms with E-state index in [0.717, 1.165) is 12.0 Å². The molecule has 2 fully saturated rings. The minimum absolute atomic E-state index is 0.0485. The summed E-state index contributed by atoms with van der Waals surface area (Å²) in [5, 5.41) is 5.66. The van der Waals surface area contributed by atoms with Crippen LogP contribution in [-0.2, 0) is 15.1 Å². The molecular weight excluding hydrogens is 482 g/mol. The molecular formula is C25H27F4N3O4. The minimum atomic E-state index is -5.01. The molecule has 0 saturated carbocycles. The number of nitrogens with zero attached hydrogens (tertiary/aromatic N) is 1. The van der Waals surface area contributed by atoms with Crippen molar-refractivity contribution in [2.24, 2.45) is 0 Å². The molecule has 0 aliphatic carbocycles. The lowest BCUT2D eigenvalue weighted by Gasteiger charge is -2.50. The van der Waals surface area contributed by atoms with Crippen LogP contribution in [0.4, 0.5) is 22.4 Å². The van der Waals surface area contributed by atoms with Crippen LogP contribution < -0.4 is 15.4 Å². The van der Waals surface area contributed by atoms with Crippen LogP contribution in [0.1, 0.15) is 29.9 Å². The van der Waals surface area contributed by atoms with Crippen LogP contribution in [0.5, 0.6) is 5.75 Å². The Hall–Kier alpha value is -3.34. The van der Waals surface area contributed by atoms with Crippen molar-refractivity contribution in [3.63, 3.8) is 0 Å². The maximum Gasteiger partial charge on any atom is 0.430 e. The number of ether oxygens (including phenoxy) is 2. The number of hydrogen-bond acceptors (Lipinski definition) is 4. The van der Waals surface area contributed by atoms with Crippen molar-refractivity contribution in [2.45, 2.75) is 36.1 Å². The summed E-state index contributed by atoms with van der Waals surface area (Å²) in [5.41, 5.74) is -3.69. The van der Waals surface area contributed by atoms with Crippen molar-refractivity contribution < 1.29 is 36.6 Å². The first-order valence-electron chi connectivity index (χ1n) is 11.4. The molecule has 0 unspecified atom stereocenters. The number of likely N-dealkylation sites (tertiary alicyclic amines) is 1. The molecule has 7 nitrogen and oxygen atoms in total. The van der Waals surface area contributed by atoms with Crippen molar-refractivity contribution in [1.29, 1.82) is 0 Å². The summed E-state index contributed by atoms with van der Waals surface area (Å²) < 4.78 is 67.3. The molecule has 2 N–H and O–H groups in total. The van der Waals surface area contributed by atoms with E-state index in [0.29, 0.717) is 11.3 Å². The Labute approximate surface area is 205 Å². The van der Waals surface area contributed by atoms with E-state index in [2.05, 4.69) is 10.6 Å². The van der Waals surface area contributed by atoms with Gasteiger partial charge in [-0.3, -0.25) is 4.79 Å². The van der Waals surface area contributed by atoms with Gasteiger partial charge in [-0.1, -0.05) is 36.4 Å². The standard InChI is InChI=1S/C25H27F4N3O4/c1-35-20-14-17(26)8-9-18(20)19-15-30-22(34)31-23(19)10-12-32(13-11-23)21(33)24(36-2,25(27,28)29)16-6-4-3-5-7-16/h3-9,14,19H,10-13,15H2,1-2H3,(H2,30,31,34)/t19-,24-/m1/s1. The molecule has 2 aromatic rings. The number of nitrogens with one attached hydrogen (secondary N) is 2. The molecule has 1 spiro atoms. The lowest BCUT2D eigenvalue weighted by molar-refractivity contribution is -0.270. The van der Waals surface area contributed by atoms with Gasteiger partial charge in [0.25, 0.3) is 11.5 Å². The van der Waals surface area contributed by atoms with E-state index in [9.17, 15) is 27.2 Å². The first-order chi connectivity index (χ1) is 17.1. The molecule has 36 heavy (non-hydrogen) atoms. The highest BCUT2D eigenvalue weighted by Gasteiger charge is 2.64.